The summed E-state index contributed by atoms with van der Waals surface area (Å²) in [6, 6.07) is 8.34. The zero-order valence-electron chi connectivity index (χ0n) is 7.12. The van der Waals surface area contributed by atoms with Crippen LogP contribution in [0.2, 0.25) is 0 Å². The van der Waals surface area contributed by atoms with Crippen molar-refractivity contribution in [2.75, 3.05) is 0 Å². The van der Waals surface area contributed by atoms with E-state index in [1.165, 1.54) is 11.1 Å². The summed E-state index contributed by atoms with van der Waals surface area (Å²) in [6.07, 6.45) is 5.08. The third-order valence-electron chi connectivity index (χ3n) is 2.07. The first-order valence-corrected chi connectivity index (χ1v) is 4.16. The van der Waals surface area contributed by atoms with Gasteiger partial charge in [-0.25, -0.2) is 0 Å². The fraction of sp³-hybridized carbons (Fsp3) is 0.182. The average Bonchev–Trinajstić information content (AvgIpc) is 2.57. The smallest absolute Gasteiger partial charge is 0.0664 e. The van der Waals surface area contributed by atoms with Gasteiger partial charge in [-0.2, -0.15) is 0 Å². The van der Waals surface area contributed by atoms with Crippen molar-refractivity contribution in [1.29, 1.82) is 0 Å². The number of aryl methyl sites for hydroxylation is 1. The zero-order valence-corrected chi connectivity index (χ0v) is 7.12. The predicted molar refractivity (Wildman–Crippen MR) is 52.3 cm³/mol. The van der Waals surface area contributed by atoms with Crippen LogP contribution in [0.1, 0.15) is 17.5 Å². The van der Waals surface area contributed by atoms with Gasteiger partial charge in [0, 0.05) is 18.2 Å². The summed E-state index contributed by atoms with van der Waals surface area (Å²) < 4.78 is 0. The predicted octanol–water partition coefficient (Wildman–Crippen LogP) is 2.81. The van der Waals surface area contributed by atoms with E-state index in [1.807, 2.05) is 6.21 Å². The highest BCUT2D eigenvalue weighted by molar-refractivity contribution is 5.81. The molecule has 0 spiro atoms. The Balaban J connectivity index is 2.46. The van der Waals surface area contributed by atoms with Crippen LogP contribution in [0.25, 0.3) is 5.70 Å². The number of rotatable bonds is 1. The number of allylic oxidation sites excluding steroid dienone is 1. The van der Waals surface area contributed by atoms with Crippen molar-refractivity contribution in [2.24, 2.45) is 4.99 Å². The SMILES string of the molecule is Cc1ccccc1C1=CCC=N1. The van der Waals surface area contributed by atoms with Gasteiger partial charge >= 0.3 is 0 Å². The van der Waals surface area contributed by atoms with Gasteiger partial charge in [-0.15, -0.1) is 0 Å². The van der Waals surface area contributed by atoms with Crippen LogP contribution in [0.5, 0.6) is 0 Å². The lowest BCUT2D eigenvalue weighted by atomic mass is 10.1. The van der Waals surface area contributed by atoms with Crippen LogP contribution >= 0.6 is 0 Å². The lowest BCUT2D eigenvalue weighted by Crippen LogP contribution is -1.83. The Bertz CT molecular complexity index is 348. The summed E-state index contributed by atoms with van der Waals surface area (Å²) in [4.78, 5) is 4.30. The summed E-state index contributed by atoms with van der Waals surface area (Å²) in [5.74, 6) is 0. The number of hydrogen-bond donors (Lipinski definition) is 0. The molecule has 0 amide bonds. The van der Waals surface area contributed by atoms with Gasteiger partial charge < -0.3 is 0 Å². The summed E-state index contributed by atoms with van der Waals surface area (Å²) >= 11 is 0. The van der Waals surface area contributed by atoms with Crippen LogP contribution in [0.4, 0.5) is 0 Å². The van der Waals surface area contributed by atoms with Crippen molar-refractivity contribution < 1.29 is 0 Å². The zero-order chi connectivity index (χ0) is 8.39. The van der Waals surface area contributed by atoms with Gasteiger partial charge in [0.15, 0.2) is 0 Å². The molecular weight excluding hydrogens is 146 g/mol. The molecule has 1 nitrogen and oxygen atoms in total. The van der Waals surface area contributed by atoms with Crippen LogP contribution < -0.4 is 0 Å². The highest BCUT2D eigenvalue weighted by atomic mass is 14.7. The van der Waals surface area contributed by atoms with E-state index in [-0.39, 0.29) is 0 Å². The highest BCUT2D eigenvalue weighted by Crippen LogP contribution is 2.22. The van der Waals surface area contributed by atoms with Crippen LogP contribution in [-0.2, 0) is 0 Å². The van der Waals surface area contributed by atoms with E-state index < -0.39 is 0 Å². The molecule has 1 aliphatic heterocycles. The molecule has 1 aromatic carbocycles. The quantitative estimate of drug-likeness (QED) is 0.594. The van der Waals surface area contributed by atoms with E-state index in [4.69, 9.17) is 0 Å². The van der Waals surface area contributed by atoms with Gasteiger partial charge in [-0.05, 0) is 12.5 Å². The van der Waals surface area contributed by atoms with Gasteiger partial charge in [-0.3, -0.25) is 4.99 Å². The van der Waals surface area contributed by atoms with E-state index in [2.05, 4.69) is 42.3 Å². The van der Waals surface area contributed by atoms with E-state index in [0.717, 1.165) is 12.1 Å². The normalized spacial score (nSPS) is 14.9. The maximum Gasteiger partial charge on any atom is 0.0664 e. The summed E-state index contributed by atoms with van der Waals surface area (Å²) in [6.45, 7) is 2.12. The second-order valence-corrected chi connectivity index (χ2v) is 2.95. The van der Waals surface area contributed by atoms with Crippen molar-refractivity contribution in [3.8, 4) is 0 Å². The Morgan fingerprint density at radius 3 is 2.75 bits per heavy atom. The molecule has 12 heavy (non-hydrogen) atoms. The number of benzene rings is 1. The van der Waals surface area contributed by atoms with Crippen molar-refractivity contribution >= 4 is 11.9 Å². The first kappa shape index (κ1) is 7.29. The Morgan fingerprint density at radius 2 is 2.08 bits per heavy atom. The molecule has 0 radical (unpaired) electrons. The fourth-order valence-electron chi connectivity index (χ4n) is 1.41. The van der Waals surface area contributed by atoms with Crippen molar-refractivity contribution in [3.05, 3.63) is 41.5 Å². The molecule has 0 unspecified atom stereocenters. The van der Waals surface area contributed by atoms with Gasteiger partial charge in [0.05, 0.1) is 5.70 Å². The van der Waals surface area contributed by atoms with Gasteiger partial charge in [-0.1, -0.05) is 30.3 Å². The van der Waals surface area contributed by atoms with E-state index >= 15 is 0 Å². The molecule has 0 fully saturated rings. The summed E-state index contributed by atoms with van der Waals surface area (Å²) in [7, 11) is 0. The van der Waals surface area contributed by atoms with E-state index in [9.17, 15) is 0 Å². The molecule has 0 aromatic heterocycles. The Kier molecular flexibility index (Phi) is 1.78. The van der Waals surface area contributed by atoms with Gasteiger partial charge in [0.25, 0.3) is 0 Å². The minimum absolute atomic E-state index is 0.976. The third-order valence-corrected chi connectivity index (χ3v) is 2.07. The Morgan fingerprint density at radius 1 is 1.25 bits per heavy atom. The maximum absolute atomic E-state index is 4.30. The Labute approximate surface area is 72.5 Å². The first-order valence-electron chi connectivity index (χ1n) is 4.16. The molecule has 1 aliphatic rings. The van der Waals surface area contributed by atoms with Crippen molar-refractivity contribution in [2.45, 2.75) is 13.3 Å². The molecule has 0 bridgehead atoms. The second-order valence-electron chi connectivity index (χ2n) is 2.95. The van der Waals surface area contributed by atoms with Crippen LogP contribution in [0.3, 0.4) is 0 Å². The van der Waals surface area contributed by atoms with Crippen LogP contribution in [0, 0.1) is 6.92 Å². The summed E-state index contributed by atoms with van der Waals surface area (Å²) in [5.41, 5.74) is 3.67. The molecular formula is C11H11N. The minimum Gasteiger partial charge on any atom is -0.261 e. The third kappa shape index (κ3) is 1.18. The molecule has 1 heteroatoms. The molecule has 60 valence electrons. The summed E-state index contributed by atoms with van der Waals surface area (Å²) in [5, 5.41) is 0. The molecule has 0 saturated carbocycles. The van der Waals surface area contributed by atoms with Crippen LogP contribution in [0.15, 0.2) is 35.3 Å². The molecule has 1 heterocycles. The molecule has 2 rings (SSSR count). The van der Waals surface area contributed by atoms with Gasteiger partial charge in [0.1, 0.15) is 0 Å². The van der Waals surface area contributed by atoms with Crippen molar-refractivity contribution in [3.63, 3.8) is 0 Å². The monoisotopic (exact) mass is 157 g/mol. The number of nitrogens with zero attached hydrogens (tertiary/aromatic N) is 1. The van der Waals surface area contributed by atoms with E-state index in [0.29, 0.717) is 0 Å². The van der Waals surface area contributed by atoms with Crippen LogP contribution in [-0.4, -0.2) is 6.21 Å². The Hall–Kier alpha value is -1.37. The lowest BCUT2D eigenvalue weighted by molar-refractivity contribution is 1.40. The minimum atomic E-state index is 0.976. The van der Waals surface area contributed by atoms with Gasteiger partial charge in [0.2, 0.25) is 0 Å². The topological polar surface area (TPSA) is 12.4 Å². The molecule has 1 aromatic rings. The molecule has 0 saturated heterocycles. The maximum atomic E-state index is 4.30. The second kappa shape index (κ2) is 2.94. The molecule has 0 aliphatic carbocycles. The lowest BCUT2D eigenvalue weighted by Gasteiger charge is -2.02. The average molecular weight is 157 g/mol. The largest absolute Gasteiger partial charge is 0.261 e. The molecule has 0 atom stereocenters. The molecule has 0 N–H and O–H groups in total. The standard InChI is InChI=1S/C11H11N/c1-9-5-2-3-6-10(9)11-7-4-8-12-11/h2-3,5-8H,4H2,1H3. The highest BCUT2D eigenvalue weighted by Gasteiger charge is 2.04. The fourth-order valence-corrected chi connectivity index (χ4v) is 1.41. The number of aliphatic imine (C=N–C) groups is 1. The number of hydrogen-bond acceptors (Lipinski definition) is 1. The van der Waals surface area contributed by atoms with E-state index in [1.54, 1.807) is 0 Å². The van der Waals surface area contributed by atoms with Crippen molar-refractivity contribution in [1.82, 2.24) is 0 Å². The first-order chi connectivity index (χ1) is 5.88.